The van der Waals surface area contributed by atoms with Gasteiger partial charge in [-0.05, 0) is 26.2 Å². The zero-order chi connectivity index (χ0) is 15.4. The summed E-state index contributed by atoms with van der Waals surface area (Å²) < 4.78 is 5.49. The van der Waals surface area contributed by atoms with Crippen LogP contribution in [0.25, 0.3) is 0 Å². The monoisotopic (exact) mass is 293 g/mol. The van der Waals surface area contributed by atoms with E-state index in [1.807, 2.05) is 13.8 Å². The minimum atomic E-state index is -0.0757. The molecule has 116 valence electrons. The maximum Gasteiger partial charge on any atom is 0.276 e. The van der Waals surface area contributed by atoms with Gasteiger partial charge in [0.05, 0.1) is 6.54 Å². The third kappa shape index (κ3) is 3.62. The van der Waals surface area contributed by atoms with E-state index in [2.05, 4.69) is 10.3 Å². The first-order chi connectivity index (χ1) is 10.0. The maximum atomic E-state index is 12.3. The summed E-state index contributed by atoms with van der Waals surface area (Å²) in [7, 11) is 0. The van der Waals surface area contributed by atoms with Crippen LogP contribution >= 0.6 is 0 Å². The Morgan fingerprint density at radius 3 is 2.67 bits per heavy atom. The van der Waals surface area contributed by atoms with Crippen LogP contribution in [-0.4, -0.2) is 34.8 Å². The van der Waals surface area contributed by atoms with Gasteiger partial charge in [-0.15, -0.1) is 0 Å². The molecule has 0 spiro atoms. The molecule has 0 radical (unpaired) electrons. The molecule has 1 atom stereocenters. The van der Waals surface area contributed by atoms with Gasteiger partial charge in [0.15, 0.2) is 5.69 Å². The van der Waals surface area contributed by atoms with Crippen molar-refractivity contribution >= 4 is 11.8 Å². The summed E-state index contributed by atoms with van der Waals surface area (Å²) in [5, 5.41) is 2.78. The number of hydrogen-bond acceptors (Lipinski definition) is 4. The number of nitrogens with one attached hydrogen (secondary N) is 1. The van der Waals surface area contributed by atoms with Crippen LogP contribution in [0.15, 0.2) is 4.42 Å². The van der Waals surface area contributed by atoms with Crippen LogP contribution in [0, 0.1) is 12.8 Å². The van der Waals surface area contributed by atoms with Crippen LogP contribution in [-0.2, 0) is 11.3 Å². The van der Waals surface area contributed by atoms with Crippen LogP contribution in [0.1, 0.15) is 55.2 Å². The van der Waals surface area contributed by atoms with Gasteiger partial charge in [0.2, 0.25) is 11.8 Å². The molecule has 1 aliphatic heterocycles. The molecule has 0 aliphatic carbocycles. The summed E-state index contributed by atoms with van der Waals surface area (Å²) >= 11 is 0. The SMILES string of the molecule is CCC(C)C(=O)NCc1nc(C(=O)N2CCCC2)c(C)o1. The Morgan fingerprint density at radius 2 is 2.05 bits per heavy atom. The van der Waals surface area contributed by atoms with Crippen molar-refractivity contribution in [1.29, 1.82) is 0 Å². The molecule has 1 aliphatic rings. The molecule has 1 aromatic heterocycles. The van der Waals surface area contributed by atoms with E-state index in [1.165, 1.54) is 0 Å². The van der Waals surface area contributed by atoms with Crippen LogP contribution in [0.5, 0.6) is 0 Å². The summed E-state index contributed by atoms with van der Waals surface area (Å²) in [6, 6.07) is 0. The van der Waals surface area contributed by atoms with Crippen LogP contribution in [0.2, 0.25) is 0 Å². The number of hydrogen-bond donors (Lipinski definition) is 1. The van der Waals surface area contributed by atoms with E-state index in [0.29, 0.717) is 17.3 Å². The molecule has 1 saturated heterocycles. The molecule has 2 amide bonds. The topological polar surface area (TPSA) is 75.4 Å². The average molecular weight is 293 g/mol. The molecule has 21 heavy (non-hydrogen) atoms. The second-order valence-corrected chi connectivity index (χ2v) is 5.54. The lowest BCUT2D eigenvalue weighted by Crippen LogP contribution is -2.29. The Bertz CT molecular complexity index is 518. The van der Waals surface area contributed by atoms with E-state index >= 15 is 0 Å². The van der Waals surface area contributed by atoms with Gasteiger partial charge < -0.3 is 14.6 Å². The fraction of sp³-hybridized carbons (Fsp3) is 0.667. The molecule has 6 heteroatoms. The number of aryl methyl sites for hydroxylation is 1. The van der Waals surface area contributed by atoms with E-state index in [1.54, 1.807) is 11.8 Å². The van der Waals surface area contributed by atoms with Gasteiger partial charge in [-0.25, -0.2) is 4.98 Å². The van der Waals surface area contributed by atoms with Gasteiger partial charge in [0, 0.05) is 19.0 Å². The number of rotatable bonds is 5. The molecule has 2 heterocycles. The Morgan fingerprint density at radius 1 is 1.38 bits per heavy atom. The van der Waals surface area contributed by atoms with Crippen molar-refractivity contribution in [2.75, 3.05) is 13.1 Å². The lowest BCUT2D eigenvalue weighted by Gasteiger charge is -2.13. The van der Waals surface area contributed by atoms with Crippen molar-refractivity contribution in [3.8, 4) is 0 Å². The standard InChI is InChI=1S/C15H23N3O3/c1-4-10(2)14(19)16-9-12-17-13(11(3)21-12)15(20)18-7-5-6-8-18/h10H,4-9H2,1-3H3,(H,16,19). The number of carbonyl (C=O) groups excluding carboxylic acids is 2. The van der Waals surface area contributed by atoms with Gasteiger partial charge in [-0.1, -0.05) is 13.8 Å². The Labute approximate surface area is 124 Å². The van der Waals surface area contributed by atoms with Crippen molar-refractivity contribution in [2.24, 2.45) is 5.92 Å². The number of aromatic nitrogens is 1. The quantitative estimate of drug-likeness (QED) is 0.899. The summed E-state index contributed by atoms with van der Waals surface area (Å²) in [6.07, 6.45) is 2.87. The number of carbonyl (C=O) groups is 2. The van der Waals surface area contributed by atoms with E-state index in [4.69, 9.17) is 4.42 Å². The minimum Gasteiger partial charge on any atom is -0.443 e. The first-order valence-corrected chi connectivity index (χ1v) is 7.56. The van der Waals surface area contributed by atoms with Crippen molar-refractivity contribution in [2.45, 2.75) is 46.6 Å². The lowest BCUT2D eigenvalue weighted by molar-refractivity contribution is -0.124. The highest BCUT2D eigenvalue weighted by Crippen LogP contribution is 2.16. The fourth-order valence-electron chi connectivity index (χ4n) is 2.32. The van der Waals surface area contributed by atoms with Gasteiger partial charge >= 0.3 is 0 Å². The number of nitrogens with zero attached hydrogens (tertiary/aromatic N) is 2. The molecule has 0 bridgehead atoms. The van der Waals surface area contributed by atoms with Crippen LogP contribution in [0.3, 0.4) is 0 Å². The highest BCUT2D eigenvalue weighted by molar-refractivity contribution is 5.93. The highest BCUT2D eigenvalue weighted by Gasteiger charge is 2.25. The molecule has 1 N–H and O–H groups in total. The number of amides is 2. The highest BCUT2D eigenvalue weighted by atomic mass is 16.4. The van der Waals surface area contributed by atoms with Gasteiger partial charge in [-0.3, -0.25) is 9.59 Å². The number of oxazole rings is 1. The molecule has 1 unspecified atom stereocenters. The van der Waals surface area contributed by atoms with E-state index < -0.39 is 0 Å². The minimum absolute atomic E-state index is 0.0271. The predicted molar refractivity (Wildman–Crippen MR) is 77.7 cm³/mol. The van der Waals surface area contributed by atoms with Crippen LogP contribution < -0.4 is 5.32 Å². The fourth-order valence-corrected chi connectivity index (χ4v) is 2.32. The smallest absolute Gasteiger partial charge is 0.276 e. The third-order valence-corrected chi connectivity index (χ3v) is 3.91. The van der Waals surface area contributed by atoms with Gasteiger partial charge in [-0.2, -0.15) is 0 Å². The second-order valence-electron chi connectivity index (χ2n) is 5.54. The zero-order valence-corrected chi connectivity index (χ0v) is 12.9. The van der Waals surface area contributed by atoms with Crippen molar-refractivity contribution < 1.29 is 14.0 Å². The summed E-state index contributed by atoms with van der Waals surface area (Å²) in [5.41, 5.74) is 0.365. The Balaban J connectivity index is 1.98. The normalized spacial score (nSPS) is 16.0. The molecular weight excluding hydrogens is 270 g/mol. The average Bonchev–Trinajstić information content (AvgIpc) is 3.12. The van der Waals surface area contributed by atoms with Crippen molar-refractivity contribution in [3.63, 3.8) is 0 Å². The van der Waals surface area contributed by atoms with E-state index in [9.17, 15) is 9.59 Å². The maximum absolute atomic E-state index is 12.3. The van der Waals surface area contributed by atoms with Crippen molar-refractivity contribution in [3.05, 3.63) is 17.3 Å². The summed E-state index contributed by atoms with van der Waals surface area (Å²) in [6.45, 7) is 7.36. The summed E-state index contributed by atoms with van der Waals surface area (Å²) in [4.78, 5) is 30.1. The Kier molecular flexibility index (Phi) is 4.98. The molecule has 1 fully saturated rings. The lowest BCUT2D eigenvalue weighted by atomic mass is 10.1. The Hall–Kier alpha value is -1.85. The van der Waals surface area contributed by atoms with Crippen LogP contribution in [0.4, 0.5) is 0 Å². The van der Waals surface area contributed by atoms with E-state index in [-0.39, 0.29) is 24.3 Å². The van der Waals surface area contributed by atoms with Gasteiger partial charge in [0.1, 0.15) is 5.76 Å². The molecule has 2 rings (SSSR count). The molecule has 0 aromatic carbocycles. The first-order valence-electron chi connectivity index (χ1n) is 7.56. The third-order valence-electron chi connectivity index (χ3n) is 3.91. The van der Waals surface area contributed by atoms with Crippen molar-refractivity contribution in [1.82, 2.24) is 15.2 Å². The molecular formula is C15H23N3O3. The van der Waals surface area contributed by atoms with Gasteiger partial charge in [0.25, 0.3) is 5.91 Å². The zero-order valence-electron chi connectivity index (χ0n) is 12.9. The summed E-state index contributed by atoms with van der Waals surface area (Å²) in [5.74, 6) is 0.757. The van der Waals surface area contributed by atoms with E-state index in [0.717, 1.165) is 32.4 Å². The second kappa shape index (κ2) is 6.74. The number of likely N-dealkylation sites (tertiary alicyclic amines) is 1. The first kappa shape index (κ1) is 15.5. The molecule has 0 saturated carbocycles. The molecule has 1 aromatic rings. The largest absolute Gasteiger partial charge is 0.443 e. The predicted octanol–water partition coefficient (Wildman–Crippen LogP) is 1.88. The molecule has 6 nitrogen and oxygen atoms in total.